The summed E-state index contributed by atoms with van der Waals surface area (Å²) < 4.78 is 5.71. The molecular formula is C23H30ClN3O2. The van der Waals surface area contributed by atoms with Crippen LogP contribution in [0.5, 0.6) is 5.75 Å². The van der Waals surface area contributed by atoms with Crippen molar-refractivity contribution in [3.63, 3.8) is 0 Å². The zero-order valence-electron chi connectivity index (χ0n) is 16.9. The Hall–Kier alpha value is -2.08. The predicted molar refractivity (Wildman–Crippen MR) is 118 cm³/mol. The van der Waals surface area contributed by atoms with Gasteiger partial charge in [0, 0.05) is 37.7 Å². The van der Waals surface area contributed by atoms with Crippen LogP contribution in [0.1, 0.15) is 42.1 Å². The molecule has 4 rings (SSSR count). The van der Waals surface area contributed by atoms with Crippen molar-refractivity contribution in [3.8, 4) is 5.75 Å². The third-order valence-corrected chi connectivity index (χ3v) is 5.77. The average Bonchev–Trinajstić information content (AvgIpc) is 2.74. The lowest BCUT2D eigenvalue weighted by Crippen LogP contribution is -2.50. The van der Waals surface area contributed by atoms with Crippen molar-refractivity contribution >= 4 is 18.3 Å². The first kappa shape index (κ1) is 21.6. The van der Waals surface area contributed by atoms with E-state index in [9.17, 15) is 4.79 Å². The molecule has 1 amide bonds. The molecule has 0 saturated carbocycles. The molecule has 2 unspecified atom stereocenters. The maximum Gasteiger partial charge on any atom is 0.234 e. The first-order chi connectivity index (χ1) is 13.7. The van der Waals surface area contributed by atoms with Gasteiger partial charge in [-0.1, -0.05) is 49.4 Å². The third kappa shape index (κ3) is 5.10. The number of amides is 1. The number of nitrogens with one attached hydrogen (secondary N) is 2. The van der Waals surface area contributed by atoms with Gasteiger partial charge in [0.1, 0.15) is 5.75 Å². The predicted octanol–water partition coefficient (Wildman–Crippen LogP) is 3.26. The Balaban J connectivity index is 0.00000240. The van der Waals surface area contributed by atoms with Crippen LogP contribution < -0.4 is 15.4 Å². The number of hydrogen-bond donors (Lipinski definition) is 2. The molecule has 2 aliphatic heterocycles. The molecule has 2 N–H and O–H groups in total. The van der Waals surface area contributed by atoms with E-state index in [0.717, 1.165) is 43.8 Å². The highest BCUT2D eigenvalue weighted by atomic mass is 35.5. The van der Waals surface area contributed by atoms with E-state index in [4.69, 9.17) is 4.74 Å². The van der Waals surface area contributed by atoms with Gasteiger partial charge in [-0.15, -0.1) is 12.4 Å². The summed E-state index contributed by atoms with van der Waals surface area (Å²) in [6.45, 7) is 5.89. The lowest BCUT2D eigenvalue weighted by atomic mass is 10.00. The number of carbonyl (C=O) groups is 1. The number of nitrogens with zero attached hydrogens (tertiary/aromatic N) is 1. The van der Waals surface area contributed by atoms with Crippen molar-refractivity contribution in [2.75, 3.05) is 32.8 Å². The Kier molecular flexibility index (Phi) is 7.53. The highest BCUT2D eigenvalue weighted by Crippen LogP contribution is 2.31. The number of halogens is 1. The highest BCUT2D eigenvalue weighted by Gasteiger charge is 2.28. The summed E-state index contributed by atoms with van der Waals surface area (Å²) in [6.07, 6.45) is 1.86. The monoisotopic (exact) mass is 415 g/mol. The molecule has 29 heavy (non-hydrogen) atoms. The zero-order chi connectivity index (χ0) is 19.3. The molecule has 0 spiro atoms. The minimum atomic E-state index is 0. The first-order valence-corrected chi connectivity index (χ1v) is 10.3. The van der Waals surface area contributed by atoms with Crippen LogP contribution in [-0.2, 0) is 11.2 Å². The van der Waals surface area contributed by atoms with E-state index in [2.05, 4.69) is 46.7 Å². The summed E-state index contributed by atoms with van der Waals surface area (Å²) in [5, 5.41) is 6.70. The standard InChI is InChI=1S/C23H29N3O2.ClH/c1-2-17-7-9-18(10-8-17)21-15-24-12-13-26(21)16-23(27)25-20-11-14-28-22-6-4-3-5-19(20)22;/h3-10,20-21,24H,2,11-16H2,1H3,(H,25,27);1H. The molecule has 0 bridgehead atoms. The summed E-state index contributed by atoms with van der Waals surface area (Å²) in [5.74, 6) is 0.967. The van der Waals surface area contributed by atoms with Crippen molar-refractivity contribution < 1.29 is 9.53 Å². The van der Waals surface area contributed by atoms with Crippen molar-refractivity contribution in [2.45, 2.75) is 31.8 Å². The molecule has 5 nitrogen and oxygen atoms in total. The summed E-state index contributed by atoms with van der Waals surface area (Å²) >= 11 is 0. The molecule has 2 heterocycles. The van der Waals surface area contributed by atoms with Crippen LogP contribution in [0.3, 0.4) is 0 Å². The van der Waals surface area contributed by atoms with Gasteiger partial charge in [0.2, 0.25) is 5.91 Å². The van der Waals surface area contributed by atoms with Gasteiger partial charge in [-0.05, 0) is 23.6 Å². The third-order valence-electron chi connectivity index (χ3n) is 5.77. The smallest absolute Gasteiger partial charge is 0.234 e. The van der Waals surface area contributed by atoms with Gasteiger partial charge in [-0.25, -0.2) is 0 Å². The molecule has 6 heteroatoms. The van der Waals surface area contributed by atoms with Gasteiger partial charge < -0.3 is 15.4 Å². The number of rotatable bonds is 5. The molecule has 2 aliphatic rings. The second kappa shape index (κ2) is 10.1. The molecule has 0 radical (unpaired) electrons. The Labute approximate surface area is 179 Å². The summed E-state index contributed by atoms with van der Waals surface area (Å²) in [4.78, 5) is 15.1. The molecule has 1 saturated heterocycles. The lowest BCUT2D eigenvalue weighted by molar-refractivity contribution is -0.124. The lowest BCUT2D eigenvalue weighted by Gasteiger charge is -2.36. The average molecular weight is 416 g/mol. The van der Waals surface area contributed by atoms with E-state index in [0.29, 0.717) is 13.2 Å². The molecule has 2 atom stereocenters. The maximum atomic E-state index is 12.9. The van der Waals surface area contributed by atoms with Crippen LogP contribution in [0.25, 0.3) is 0 Å². The SMILES string of the molecule is CCc1ccc(C2CNCCN2CC(=O)NC2CCOc3ccccc32)cc1.Cl. The number of fused-ring (bicyclic) bond motifs is 1. The molecule has 0 aliphatic carbocycles. The number of carbonyl (C=O) groups excluding carboxylic acids is 1. The second-order valence-electron chi connectivity index (χ2n) is 7.58. The van der Waals surface area contributed by atoms with Crippen molar-refractivity contribution in [1.29, 1.82) is 0 Å². The van der Waals surface area contributed by atoms with Crippen molar-refractivity contribution in [1.82, 2.24) is 15.5 Å². The summed E-state index contributed by atoms with van der Waals surface area (Å²) in [6, 6.07) is 17.0. The fourth-order valence-corrected chi connectivity index (χ4v) is 4.16. The van der Waals surface area contributed by atoms with Gasteiger partial charge in [0.05, 0.1) is 19.2 Å². The Morgan fingerprint density at radius 3 is 2.79 bits per heavy atom. The topological polar surface area (TPSA) is 53.6 Å². The van der Waals surface area contributed by atoms with E-state index < -0.39 is 0 Å². The van der Waals surface area contributed by atoms with Crippen molar-refractivity contribution in [3.05, 3.63) is 65.2 Å². The highest BCUT2D eigenvalue weighted by molar-refractivity contribution is 5.85. The van der Waals surface area contributed by atoms with Gasteiger partial charge in [0.25, 0.3) is 0 Å². The largest absolute Gasteiger partial charge is 0.493 e. The number of ether oxygens (including phenoxy) is 1. The molecule has 2 aromatic rings. The van der Waals surface area contributed by atoms with Crippen LogP contribution in [0.4, 0.5) is 0 Å². The van der Waals surface area contributed by atoms with Crippen LogP contribution in [-0.4, -0.2) is 43.6 Å². The molecular weight excluding hydrogens is 386 g/mol. The van der Waals surface area contributed by atoms with E-state index >= 15 is 0 Å². The quantitative estimate of drug-likeness (QED) is 0.787. The van der Waals surface area contributed by atoms with Crippen LogP contribution >= 0.6 is 12.4 Å². The van der Waals surface area contributed by atoms with E-state index in [1.54, 1.807) is 0 Å². The van der Waals surface area contributed by atoms with Gasteiger partial charge in [-0.3, -0.25) is 9.69 Å². The van der Waals surface area contributed by atoms with E-state index in [-0.39, 0.29) is 30.4 Å². The molecule has 0 aromatic heterocycles. The molecule has 1 fully saturated rings. The fraction of sp³-hybridized carbons (Fsp3) is 0.435. The molecule has 156 valence electrons. The fourth-order valence-electron chi connectivity index (χ4n) is 4.16. The Morgan fingerprint density at radius 1 is 1.21 bits per heavy atom. The normalized spacial score (nSPS) is 21.4. The van der Waals surface area contributed by atoms with Crippen molar-refractivity contribution in [2.24, 2.45) is 0 Å². The minimum absolute atomic E-state index is 0. The van der Waals surface area contributed by atoms with Crippen LogP contribution in [0.2, 0.25) is 0 Å². The second-order valence-corrected chi connectivity index (χ2v) is 7.58. The summed E-state index contributed by atoms with van der Waals surface area (Å²) in [7, 11) is 0. The Bertz CT molecular complexity index is 812. The number of benzene rings is 2. The van der Waals surface area contributed by atoms with E-state index in [1.165, 1.54) is 11.1 Å². The number of para-hydroxylation sites is 1. The van der Waals surface area contributed by atoms with Crippen LogP contribution in [0.15, 0.2) is 48.5 Å². The Morgan fingerprint density at radius 2 is 2.00 bits per heavy atom. The van der Waals surface area contributed by atoms with Gasteiger partial charge in [-0.2, -0.15) is 0 Å². The number of aryl methyl sites for hydroxylation is 1. The number of hydrogen-bond acceptors (Lipinski definition) is 4. The van der Waals surface area contributed by atoms with Crippen LogP contribution in [0, 0.1) is 0 Å². The van der Waals surface area contributed by atoms with Gasteiger partial charge >= 0.3 is 0 Å². The molecule has 2 aromatic carbocycles. The zero-order valence-corrected chi connectivity index (χ0v) is 17.7. The van der Waals surface area contributed by atoms with Gasteiger partial charge in [0.15, 0.2) is 0 Å². The first-order valence-electron chi connectivity index (χ1n) is 10.3. The van der Waals surface area contributed by atoms with E-state index in [1.807, 2.05) is 24.3 Å². The minimum Gasteiger partial charge on any atom is -0.493 e. The summed E-state index contributed by atoms with van der Waals surface area (Å²) in [5.41, 5.74) is 3.69. The number of piperazine rings is 1. The maximum absolute atomic E-state index is 12.9.